The second kappa shape index (κ2) is 6.06. The number of anilines is 1. The minimum atomic E-state index is -0.504. The molecule has 1 fully saturated rings. The number of rotatable bonds is 5. The number of carbonyl (C=O) groups excluding carboxylic acids is 1. The lowest BCUT2D eigenvalue weighted by Gasteiger charge is -2.12. The Morgan fingerprint density at radius 2 is 2.16 bits per heavy atom. The van der Waals surface area contributed by atoms with Crippen LogP contribution in [0.5, 0.6) is 0 Å². The van der Waals surface area contributed by atoms with Crippen LogP contribution in [-0.2, 0) is 16.0 Å². The summed E-state index contributed by atoms with van der Waals surface area (Å²) in [5, 5.41) is 0. The first kappa shape index (κ1) is 13.9. The maximum Gasteiger partial charge on any atom is 0.360 e. The number of methoxy groups -OCH3 is 1. The molecule has 1 aromatic rings. The summed E-state index contributed by atoms with van der Waals surface area (Å²) in [4.78, 5) is 15.6. The smallest absolute Gasteiger partial charge is 0.360 e. The summed E-state index contributed by atoms with van der Waals surface area (Å²) in [6.45, 7) is 3.02. The highest BCUT2D eigenvalue weighted by Gasteiger charge is 2.20. The van der Waals surface area contributed by atoms with Gasteiger partial charge in [0.2, 0.25) is 0 Å². The monoisotopic (exact) mass is 267 g/mol. The van der Waals surface area contributed by atoms with Crippen molar-refractivity contribution < 1.29 is 14.3 Å². The largest absolute Gasteiger partial charge is 0.464 e. The van der Waals surface area contributed by atoms with Crippen molar-refractivity contribution in [3.63, 3.8) is 0 Å². The molecule has 106 valence electrons. The molecule has 0 amide bonds. The van der Waals surface area contributed by atoms with Gasteiger partial charge < -0.3 is 19.8 Å². The van der Waals surface area contributed by atoms with Gasteiger partial charge in [-0.3, -0.25) is 0 Å². The number of nitrogen functional groups attached to an aromatic ring is 1. The van der Waals surface area contributed by atoms with Crippen LogP contribution in [-0.4, -0.2) is 35.3 Å². The van der Waals surface area contributed by atoms with E-state index in [0.29, 0.717) is 30.9 Å². The van der Waals surface area contributed by atoms with E-state index >= 15 is 0 Å². The second-order valence-electron chi connectivity index (χ2n) is 4.81. The van der Waals surface area contributed by atoms with Crippen molar-refractivity contribution in [1.29, 1.82) is 0 Å². The van der Waals surface area contributed by atoms with Crippen LogP contribution in [0.2, 0.25) is 0 Å². The molecule has 1 aromatic heterocycles. The number of hydrogen-bond donors (Lipinski definition) is 1. The highest BCUT2D eigenvalue weighted by atomic mass is 16.5. The number of hydrogen-bond acceptors (Lipinski definition) is 5. The Hall–Kier alpha value is -1.56. The van der Waals surface area contributed by atoms with Gasteiger partial charge in [-0.1, -0.05) is 12.8 Å². The zero-order valence-corrected chi connectivity index (χ0v) is 11.5. The molecule has 0 aromatic carbocycles. The number of carbonyl (C=O) groups is 1. The molecule has 0 aliphatic heterocycles. The van der Waals surface area contributed by atoms with Crippen molar-refractivity contribution >= 4 is 11.8 Å². The lowest BCUT2D eigenvalue weighted by molar-refractivity contribution is 0.0528. The Morgan fingerprint density at radius 1 is 1.47 bits per heavy atom. The number of nitrogens with zero attached hydrogens (tertiary/aromatic N) is 2. The van der Waals surface area contributed by atoms with Crippen molar-refractivity contribution in [3.05, 3.63) is 11.5 Å². The van der Waals surface area contributed by atoms with Crippen LogP contribution < -0.4 is 5.73 Å². The van der Waals surface area contributed by atoms with Crippen molar-refractivity contribution in [2.24, 2.45) is 0 Å². The van der Waals surface area contributed by atoms with Crippen LogP contribution in [0.1, 0.15) is 42.0 Å². The fraction of sp³-hybridized carbons (Fsp3) is 0.692. The minimum Gasteiger partial charge on any atom is -0.464 e. The fourth-order valence-corrected chi connectivity index (χ4v) is 2.48. The minimum absolute atomic E-state index is 0.181. The number of imidazole rings is 1. The maximum atomic E-state index is 11.5. The SMILES string of the molecule is COC(=O)c1nc(C)n(CCOC2CCCC2)c1N. The quantitative estimate of drug-likeness (QED) is 0.818. The number of nitrogens with two attached hydrogens (primary N) is 1. The van der Waals surface area contributed by atoms with Crippen molar-refractivity contribution in [2.75, 3.05) is 19.5 Å². The van der Waals surface area contributed by atoms with E-state index in [4.69, 9.17) is 10.5 Å². The van der Waals surface area contributed by atoms with Gasteiger partial charge in [0, 0.05) is 6.54 Å². The summed E-state index contributed by atoms with van der Waals surface area (Å²) in [5.41, 5.74) is 6.10. The van der Waals surface area contributed by atoms with Gasteiger partial charge in [0.15, 0.2) is 5.69 Å². The number of esters is 1. The van der Waals surface area contributed by atoms with Crippen LogP contribution >= 0.6 is 0 Å². The van der Waals surface area contributed by atoms with Crippen molar-refractivity contribution in [2.45, 2.75) is 45.3 Å². The number of aryl methyl sites for hydroxylation is 1. The number of aromatic nitrogens is 2. The van der Waals surface area contributed by atoms with E-state index in [1.54, 1.807) is 4.57 Å². The molecule has 1 aliphatic carbocycles. The van der Waals surface area contributed by atoms with Gasteiger partial charge in [-0.05, 0) is 19.8 Å². The first-order chi connectivity index (χ1) is 9.13. The summed E-state index contributed by atoms with van der Waals surface area (Å²) in [7, 11) is 1.32. The first-order valence-corrected chi connectivity index (χ1v) is 6.66. The molecule has 0 spiro atoms. The van der Waals surface area contributed by atoms with Crippen molar-refractivity contribution in [3.8, 4) is 0 Å². The first-order valence-electron chi connectivity index (χ1n) is 6.66. The van der Waals surface area contributed by atoms with E-state index in [2.05, 4.69) is 9.72 Å². The normalized spacial score (nSPS) is 15.9. The van der Waals surface area contributed by atoms with Crippen LogP contribution in [0.3, 0.4) is 0 Å². The Kier molecular flexibility index (Phi) is 4.42. The zero-order chi connectivity index (χ0) is 13.8. The molecular weight excluding hydrogens is 246 g/mol. The zero-order valence-electron chi connectivity index (χ0n) is 11.5. The molecule has 6 heteroatoms. The molecule has 0 radical (unpaired) electrons. The van der Waals surface area contributed by atoms with Crippen LogP contribution in [0.25, 0.3) is 0 Å². The lowest BCUT2D eigenvalue weighted by atomic mass is 10.3. The summed E-state index contributed by atoms with van der Waals surface area (Å²) < 4.78 is 12.2. The molecule has 2 N–H and O–H groups in total. The third-order valence-electron chi connectivity index (χ3n) is 3.55. The summed E-state index contributed by atoms with van der Waals surface area (Å²) >= 11 is 0. The van der Waals surface area contributed by atoms with Crippen LogP contribution in [0.15, 0.2) is 0 Å². The average molecular weight is 267 g/mol. The van der Waals surface area contributed by atoms with E-state index < -0.39 is 5.97 Å². The molecule has 0 bridgehead atoms. The Bertz CT molecular complexity index is 450. The van der Waals surface area contributed by atoms with Gasteiger partial charge in [0.1, 0.15) is 11.6 Å². The molecule has 1 saturated carbocycles. The molecular formula is C13H21N3O3. The average Bonchev–Trinajstić information content (AvgIpc) is 3.00. The van der Waals surface area contributed by atoms with Gasteiger partial charge in [0.25, 0.3) is 0 Å². The fourth-order valence-electron chi connectivity index (χ4n) is 2.48. The van der Waals surface area contributed by atoms with E-state index in [1.807, 2.05) is 6.92 Å². The predicted octanol–water partition coefficient (Wildman–Crippen LogP) is 1.52. The van der Waals surface area contributed by atoms with E-state index in [1.165, 1.54) is 20.0 Å². The molecule has 0 saturated heterocycles. The van der Waals surface area contributed by atoms with Crippen LogP contribution in [0, 0.1) is 6.92 Å². The topological polar surface area (TPSA) is 79.4 Å². The maximum absolute atomic E-state index is 11.5. The highest BCUT2D eigenvalue weighted by Crippen LogP contribution is 2.21. The second-order valence-corrected chi connectivity index (χ2v) is 4.81. The van der Waals surface area contributed by atoms with Gasteiger partial charge in [0.05, 0.1) is 19.8 Å². The third kappa shape index (κ3) is 3.07. The third-order valence-corrected chi connectivity index (χ3v) is 3.55. The highest BCUT2D eigenvalue weighted by molar-refractivity contribution is 5.92. The standard InChI is InChI=1S/C13H21N3O3/c1-9-15-11(13(17)18-2)12(14)16(9)7-8-19-10-5-3-4-6-10/h10H,3-8,14H2,1-2H3. The van der Waals surface area contributed by atoms with E-state index in [0.717, 1.165) is 12.8 Å². The Labute approximate surface area is 112 Å². The molecule has 2 rings (SSSR count). The molecule has 19 heavy (non-hydrogen) atoms. The number of ether oxygens (including phenoxy) is 2. The van der Waals surface area contributed by atoms with Crippen LogP contribution in [0.4, 0.5) is 5.82 Å². The molecule has 1 heterocycles. The van der Waals surface area contributed by atoms with Gasteiger partial charge in [-0.25, -0.2) is 9.78 Å². The van der Waals surface area contributed by atoms with Gasteiger partial charge in [-0.15, -0.1) is 0 Å². The van der Waals surface area contributed by atoms with Gasteiger partial charge >= 0.3 is 5.97 Å². The van der Waals surface area contributed by atoms with E-state index in [-0.39, 0.29) is 5.69 Å². The van der Waals surface area contributed by atoms with Crippen molar-refractivity contribution in [1.82, 2.24) is 9.55 Å². The molecule has 0 unspecified atom stereocenters. The summed E-state index contributed by atoms with van der Waals surface area (Å²) in [6, 6.07) is 0. The lowest BCUT2D eigenvalue weighted by Crippen LogP contribution is -2.15. The summed E-state index contributed by atoms with van der Waals surface area (Å²) in [6.07, 6.45) is 5.18. The molecule has 0 atom stereocenters. The Morgan fingerprint density at radius 3 is 2.79 bits per heavy atom. The van der Waals surface area contributed by atoms with E-state index in [9.17, 15) is 4.79 Å². The molecule has 1 aliphatic rings. The predicted molar refractivity (Wildman–Crippen MR) is 70.9 cm³/mol. The molecule has 6 nitrogen and oxygen atoms in total. The van der Waals surface area contributed by atoms with Gasteiger partial charge in [-0.2, -0.15) is 0 Å². The summed E-state index contributed by atoms with van der Waals surface area (Å²) in [5.74, 6) is 0.545. The Balaban J connectivity index is 1.95.